The summed E-state index contributed by atoms with van der Waals surface area (Å²) in [4.78, 5) is 32.5. The number of urea groups is 1. The zero-order valence-corrected chi connectivity index (χ0v) is 21.0. The molecule has 5 rings (SSSR count). The van der Waals surface area contributed by atoms with E-state index in [1.165, 1.54) is 13.3 Å². The van der Waals surface area contributed by atoms with Gasteiger partial charge in [0.15, 0.2) is 17.7 Å². The molecule has 11 heteroatoms. The van der Waals surface area contributed by atoms with Crippen LogP contribution < -0.4 is 25.3 Å². The van der Waals surface area contributed by atoms with Gasteiger partial charge in [0.1, 0.15) is 28.9 Å². The molecule has 0 radical (unpaired) electrons. The van der Waals surface area contributed by atoms with Gasteiger partial charge in [0, 0.05) is 43.1 Å². The number of hydrogen-bond acceptors (Lipinski definition) is 7. The van der Waals surface area contributed by atoms with E-state index in [1.54, 1.807) is 54.9 Å². The van der Waals surface area contributed by atoms with Crippen molar-refractivity contribution in [3.63, 3.8) is 0 Å². The van der Waals surface area contributed by atoms with Gasteiger partial charge < -0.3 is 19.8 Å². The smallest absolute Gasteiger partial charge is 0.327 e. The molecular weight excluding hydrogens is 486 g/mol. The molecule has 1 atom stereocenters. The van der Waals surface area contributed by atoms with E-state index in [0.29, 0.717) is 39.9 Å². The third-order valence-corrected chi connectivity index (χ3v) is 5.93. The summed E-state index contributed by atoms with van der Waals surface area (Å²) < 4.78 is 11.3. The highest BCUT2D eigenvalue weighted by molar-refractivity contribution is 5.92. The number of quaternary nitrogens is 1. The molecule has 1 unspecified atom stereocenters. The molecule has 0 bridgehead atoms. The van der Waals surface area contributed by atoms with Crippen LogP contribution in [0.2, 0.25) is 0 Å². The molecule has 4 aromatic rings. The van der Waals surface area contributed by atoms with Crippen LogP contribution in [0.5, 0.6) is 11.5 Å². The average molecular weight is 513 g/mol. The molecule has 3 amide bonds. The Labute approximate surface area is 218 Å². The van der Waals surface area contributed by atoms with E-state index in [4.69, 9.17) is 14.3 Å². The second-order valence-electron chi connectivity index (χ2n) is 8.86. The van der Waals surface area contributed by atoms with Crippen LogP contribution in [0.3, 0.4) is 0 Å². The standard InChI is InChI=1S/C27H25N7O4/c1-17(2)34(20-6-9-24-23(14-20)29-16-37-24)26(11-13-30-34)33-27(36)32-19-4-7-21(8-5-19)38-22-10-12-28-25(15-22)31-18(3)35/h4-17H,1-3H3,(H2-,28,30,31,32,33,35,36)/p+1. The van der Waals surface area contributed by atoms with Gasteiger partial charge in [-0.1, -0.05) is 5.10 Å². The van der Waals surface area contributed by atoms with Crippen LogP contribution in [0.4, 0.5) is 22.0 Å². The summed E-state index contributed by atoms with van der Waals surface area (Å²) in [6, 6.07) is 15.5. The summed E-state index contributed by atoms with van der Waals surface area (Å²) in [5.74, 6) is 1.85. The number of oxazole rings is 1. The van der Waals surface area contributed by atoms with Crippen molar-refractivity contribution >= 4 is 46.4 Å². The summed E-state index contributed by atoms with van der Waals surface area (Å²) in [5.41, 5.74) is 2.82. The van der Waals surface area contributed by atoms with Crippen molar-refractivity contribution in [1.29, 1.82) is 0 Å². The van der Waals surface area contributed by atoms with Crippen molar-refractivity contribution in [2.24, 2.45) is 5.10 Å². The fraction of sp³-hybridized carbons (Fsp3) is 0.148. The lowest BCUT2D eigenvalue weighted by Crippen LogP contribution is -2.52. The van der Waals surface area contributed by atoms with E-state index in [9.17, 15) is 9.59 Å². The number of nitrogens with zero attached hydrogens (tertiary/aromatic N) is 4. The van der Waals surface area contributed by atoms with Crippen molar-refractivity contribution in [3.05, 3.63) is 79.1 Å². The van der Waals surface area contributed by atoms with Crippen LogP contribution in [0.25, 0.3) is 11.1 Å². The third-order valence-electron chi connectivity index (χ3n) is 5.93. The van der Waals surface area contributed by atoms with Crippen molar-refractivity contribution in [2.45, 2.75) is 26.8 Å². The molecule has 11 nitrogen and oxygen atoms in total. The number of fused-ring (bicyclic) bond motifs is 1. The molecular formula is C27H26N7O4+. The number of anilines is 2. The molecule has 2 aromatic heterocycles. The largest absolute Gasteiger partial charge is 0.457 e. The lowest BCUT2D eigenvalue weighted by molar-refractivity contribution is -0.114. The van der Waals surface area contributed by atoms with E-state index in [2.05, 4.69) is 25.9 Å². The van der Waals surface area contributed by atoms with E-state index in [0.717, 1.165) is 5.69 Å². The maximum atomic E-state index is 13.0. The second-order valence-corrected chi connectivity index (χ2v) is 8.86. The van der Waals surface area contributed by atoms with E-state index >= 15 is 0 Å². The van der Waals surface area contributed by atoms with Gasteiger partial charge in [0.05, 0.1) is 6.21 Å². The summed E-state index contributed by atoms with van der Waals surface area (Å²) in [5, 5.41) is 13.1. The number of aromatic nitrogens is 2. The van der Waals surface area contributed by atoms with E-state index in [-0.39, 0.29) is 16.5 Å². The van der Waals surface area contributed by atoms with Crippen molar-refractivity contribution < 1.29 is 18.7 Å². The lowest BCUT2D eigenvalue weighted by atomic mass is 10.2. The predicted molar refractivity (Wildman–Crippen MR) is 145 cm³/mol. The Hall–Kier alpha value is -5.03. The third kappa shape index (κ3) is 4.95. The highest BCUT2D eigenvalue weighted by Crippen LogP contribution is 2.36. The maximum absolute atomic E-state index is 13.0. The van der Waals surface area contributed by atoms with Crippen LogP contribution in [0.1, 0.15) is 20.8 Å². The fourth-order valence-corrected chi connectivity index (χ4v) is 4.23. The normalized spacial score (nSPS) is 16.4. The Morgan fingerprint density at radius 1 is 0.947 bits per heavy atom. The summed E-state index contributed by atoms with van der Waals surface area (Å²) >= 11 is 0. The fourth-order valence-electron chi connectivity index (χ4n) is 4.23. The quantitative estimate of drug-likeness (QED) is 0.286. The minimum absolute atomic E-state index is 0.0135. The molecule has 2 aromatic carbocycles. The van der Waals surface area contributed by atoms with Crippen LogP contribution in [0, 0.1) is 0 Å². The van der Waals surface area contributed by atoms with Crippen LogP contribution >= 0.6 is 0 Å². The minimum atomic E-state index is -0.407. The number of ether oxygens (including phenoxy) is 1. The van der Waals surface area contributed by atoms with Crippen LogP contribution in [0.15, 0.2) is 88.6 Å². The summed E-state index contributed by atoms with van der Waals surface area (Å²) in [6.07, 6.45) is 6.42. The molecule has 38 heavy (non-hydrogen) atoms. The highest BCUT2D eigenvalue weighted by atomic mass is 16.5. The van der Waals surface area contributed by atoms with Crippen LogP contribution in [-0.4, -0.2) is 34.2 Å². The van der Waals surface area contributed by atoms with Gasteiger partial charge in [-0.2, -0.15) is 0 Å². The molecule has 0 aliphatic carbocycles. The molecule has 0 spiro atoms. The highest BCUT2D eigenvalue weighted by Gasteiger charge is 2.43. The van der Waals surface area contributed by atoms with Gasteiger partial charge >= 0.3 is 6.03 Å². The molecule has 0 saturated heterocycles. The number of carbonyl (C=O) groups is 2. The molecule has 0 fully saturated rings. The van der Waals surface area contributed by atoms with Gasteiger partial charge in [-0.25, -0.2) is 14.8 Å². The number of pyridine rings is 1. The summed E-state index contributed by atoms with van der Waals surface area (Å²) in [7, 11) is 0. The molecule has 0 saturated carbocycles. The molecule has 3 N–H and O–H groups in total. The Kier molecular flexibility index (Phi) is 6.58. The molecule has 1 aliphatic rings. The Bertz CT molecular complexity index is 1560. The average Bonchev–Trinajstić information content (AvgIpc) is 3.52. The first-order valence-electron chi connectivity index (χ1n) is 11.9. The first-order chi connectivity index (χ1) is 18.3. The van der Waals surface area contributed by atoms with Crippen LogP contribution in [-0.2, 0) is 4.79 Å². The monoisotopic (exact) mass is 512 g/mol. The van der Waals surface area contributed by atoms with E-state index < -0.39 is 6.03 Å². The van der Waals surface area contributed by atoms with Gasteiger partial charge in [-0.05, 0) is 50.2 Å². The van der Waals surface area contributed by atoms with E-state index in [1.807, 2.05) is 32.0 Å². The lowest BCUT2D eigenvalue weighted by Gasteiger charge is -2.33. The number of nitrogens with one attached hydrogen (secondary N) is 3. The number of carbonyl (C=O) groups excluding carboxylic acids is 2. The first kappa shape index (κ1) is 24.7. The van der Waals surface area contributed by atoms with Crippen molar-refractivity contribution in [1.82, 2.24) is 19.9 Å². The van der Waals surface area contributed by atoms with Crippen molar-refractivity contribution in [2.75, 3.05) is 10.6 Å². The zero-order valence-electron chi connectivity index (χ0n) is 21.0. The van der Waals surface area contributed by atoms with Crippen molar-refractivity contribution in [3.8, 4) is 11.5 Å². The Balaban J connectivity index is 1.26. The van der Waals surface area contributed by atoms with Gasteiger partial charge in [0.2, 0.25) is 11.7 Å². The predicted octanol–water partition coefficient (Wildman–Crippen LogP) is 5.35. The number of rotatable bonds is 7. The maximum Gasteiger partial charge on any atom is 0.327 e. The number of benzene rings is 2. The summed E-state index contributed by atoms with van der Waals surface area (Å²) in [6.45, 7) is 5.47. The van der Waals surface area contributed by atoms with Gasteiger partial charge in [0.25, 0.3) is 0 Å². The SMILES string of the molecule is CC(=O)Nc1cc(Oc2ccc(NC(=O)NC3=CC=N[N+]3(c3ccc4ocnc4c3)C(C)C)cc2)ccn1. The topological polar surface area (TPSA) is 131 Å². The number of allylic oxidation sites excluding steroid dienone is 1. The first-order valence-corrected chi connectivity index (χ1v) is 11.9. The molecule has 3 heterocycles. The number of amides is 3. The van der Waals surface area contributed by atoms with Gasteiger partial charge in [-0.3, -0.25) is 10.1 Å². The number of hydrogen-bond donors (Lipinski definition) is 3. The van der Waals surface area contributed by atoms with Gasteiger partial charge in [-0.15, -0.1) is 4.59 Å². The second kappa shape index (κ2) is 10.1. The minimum Gasteiger partial charge on any atom is -0.457 e. The molecule has 192 valence electrons. The Morgan fingerprint density at radius 2 is 1.76 bits per heavy atom. The molecule has 1 aliphatic heterocycles. The Morgan fingerprint density at radius 3 is 2.53 bits per heavy atom. The zero-order chi connectivity index (χ0) is 26.7.